The number of nitrogens with one attached hydrogen (secondary N) is 3. The number of amides is 2. The van der Waals surface area contributed by atoms with Crippen molar-refractivity contribution < 1.29 is 31.5 Å². The summed E-state index contributed by atoms with van der Waals surface area (Å²) < 4.78 is 74.3. The van der Waals surface area contributed by atoms with Gasteiger partial charge in [0.05, 0.1) is 30.7 Å². The topological polar surface area (TPSA) is 143 Å². The minimum Gasteiger partial charge on any atom is -0.388 e. The Balaban J connectivity index is 0.000000230. The van der Waals surface area contributed by atoms with Gasteiger partial charge in [0.25, 0.3) is 0 Å². The molecule has 3 N–H and O–H groups in total. The van der Waals surface area contributed by atoms with Crippen LogP contribution in [0.2, 0.25) is 0 Å². The SMILES string of the molecule is CC.CC.CC(=O)N1CCc2c(c(Nc3ccc(-c4cn(C)nc4C(F)(F)F)cc3F)nn2C)C1.CN=C(Nc1cccc(-c2cnn(C)c2)c1F)C1=C(NCC2CC2)CCN(C(C)=O)C1. The van der Waals surface area contributed by atoms with E-state index in [0.717, 1.165) is 52.2 Å². The zero-order chi connectivity index (χ0) is 48.5. The monoisotopic (exact) mass is 920 g/mol. The molecule has 19 heteroatoms. The highest BCUT2D eigenvalue weighted by Gasteiger charge is 2.37. The maximum atomic E-state index is 15.3. The average molecular weight is 921 g/mol. The van der Waals surface area contributed by atoms with Crippen molar-refractivity contribution in [2.75, 3.05) is 43.9 Å². The third kappa shape index (κ3) is 12.0. The summed E-state index contributed by atoms with van der Waals surface area (Å²) >= 11 is 0. The Hall–Kier alpha value is -6.53. The highest BCUT2D eigenvalue weighted by Crippen LogP contribution is 2.38. The van der Waals surface area contributed by atoms with Gasteiger partial charge in [-0.3, -0.25) is 28.6 Å². The van der Waals surface area contributed by atoms with Gasteiger partial charge in [-0.15, -0.1) is 0 Å². The van der Waals surface area contributed by atoms with E-state index in [2.05, 4.69) is 36.2 Å². The molecule has 1 aliphatic carbocycles. The third-order valence-corrected chi connectivity index (χ3v) is 11.2. The summed E-state index contributed by atoms with van der Waals surface area (Å²) in [5, 5.41) is 21.7. The molecule has 5 aromatic rings. The van der Waals surface area contributed by atoms with Gasteiger partial charge >= 0.3 is 6.18 Å². The molecule has 3 aliphatic rings. The average Bonchev–Trinajstić information content (AvgIpc) is 3.75. The Morgan fingerprint density at radius 2 is 1.52 bits per heavy atom. The quantitative estimate of drug-likeness (QED) is 0.0757. The zero-order valence-electron chi connectivity index (χ0n) is 39.4. The molecule has 0 bridgehead atoms. The predicted molar refractivity (Wildman–Crippen MR) is 248 cm³/mol. The lowest BCUT2D eigenvalue weighted by atomic mass is 10.0. The number of fused-ring (bicyclic) bond motifs is 1. The maximum absolute atomic E-state index is 15.3. The van der Waals surface area contributed by atoms with E-state index in [1.54, 1.807) is 71.8 Å². The fourth-order valence-electron chi connectivity index (χ4n) is 7.62. The van der Waals surface area contributed by atoms with Crippen molar-refractivity contribution in [3.63, 3.8) is 0 Å². The second kappa shape index (κ2) is 22.1. The Kier molecular flexibility index (Phi) is 16.9. The summed E-state index contributed by atoms with van der Waals surface area (Å²) in [6.45, 7) is 14.1. The number of benzene rings is 2. The van der Waals surface area contributed by atoms with Gasteiger partial charge in [0.2, 0.25) is 11.8 Å². The van der Waals surface area contributed by atoms with E-state index in [0.29, 0.717) is 61.1 Å². The van der Waals surface area contributed by atoms with Crippen LogP contribution in [-0.4, -0.2) is 90.0 Å². The molecule has 8 rings (SSSR count). The van der Waals surface area contributed by atoms with E-state index in [1.807, 2.05) is 33.8 Å². The fraction of sp³-hybridized carbons (Fsp3) is 0.447. The second-order valence-corrected chi connectivity index (χ2v) is 15.7. The van der Waals surface area contributed by atoms with E-state index < -0.39 is 17.7 Å². The highest BCUT2D eigenvalue weighted by molar-refractivity contribution is 6.09. The molecule has 3 aromatic heterocycles. The number of hydrogen-bond donors (Lipinski definition) is 3. The van der Waals surface area contributed by atoms with Crippen LogP contribution in [-0.2, 0) is 49.9 Å². The zero-order valence-corrected chi connectivity index (χ0v) is 39.4. The van der Waals surface area contributed by atoms with Crippen LogP contribution in [0.15, 0.2) is 71.3 Å². The Bertz CT molecular complexity index is 2550. The Morgan fingerprint density at radius 1 is 0.833 bits per heavy atom. The van der Waals surface area contributed by atoms with Gasteiger partial charge < -0.3 is 25.8 Å². The summed E-state index contributed by atoms with van der Waals surface area (Å²) in [6, 6.07) is 9.04. The molecule has 1 fully saturated rings. The van der Waals surface area contributed by atoms with Crippen LogP contribution in [0.25, 0.3) is 22.3 Å². The van der Waals surface area contributed by atoms with Crippen LogP contribution >= 0.6 is 0 Å². The number of aromatic nitrogens is 6. The van der Waals surface area contributed by atoms with Crippen LogP contribution < -0.4 is 16.0 Å². The van der Waals surface area contributed by atoms with Crippen molar-refractivity contribution >= 4 is 34.8 Å². The second-order valence-electron chi connectivity index (χ2n) is 15.7. The first-order valence-corrected chi connectivity index (χ1v) is 22.2. The molecule has 0 unspecified atom stereocenters. The lowest BCUT2D eigenvalue weighted by molar-refractivity contribution is -0.141. The van der Waals surface area contributed by atoms with Crippen molar-refractivity contribution in [1.82, 2.24) is 44.5 Å². The number of alkyl halides is 3. The van der Waals surface area contributed by atoms with Gasteiger partial charge in [0.1, 0.15) is 11.7 Å². The first-order chi connectivity index (χ1) is 31.5. The van der Waals surface area contributed by atoms with E-state index in [-0.39, 0.29) is 34.4 Å². The minimum atomic E-state index is -4.65. The molecule has 14 nitrogen and oxygen atoms in total. The molecule has 2 amide bonds. The summed E-state index contributed by atoms with van der Waals surface area (Å²) in [5.41, 5.74) is 4.13. The molecular weight excluding hydrogens is 860 g/mol. The molecule has 2 aliphatic heterocycles. The van der Waals surface area contributed by atoms with Gasteiger partial charge in [-0.2, -0.15) is 28.5 Å². The standard InChI is InChI=1S/C23H29FN6O.C20H20F4N6O.2C2H6/c1-15(31)30-10-9-20(26-11-16-7-8-16)19(14-30)23(25-2)28-21-6-4-5-18(22(21)24)17-12-27-29(3)13-17;1-11(31)30-7-6-17-14(10-30)19(27-29(17)3)25-16-5-4-12(8-15(16)21)13-9-28(2)26-18(13)20(22,23)24;2*1-2/h4-6,12-13,16,26H,7-11,14H2,1-3H3,(H,25,28);4-5,8-9H,6-7,10H2,1-3H3,(H,25,27);2*1-2H3. The Morgan fingerprint density at radius 3 is 2.12 bits per heavy atom. The first kappa shape index (κ1) is 50.5. The van der Waals surface area contributed by atoms with E-state index in [1.165, 1.54) is 45.1 Å². The molecule has 0 spiro atoms. The normalized spacial score (nSPS) is 14.8. The molecule has 5 heterocycles. The minimum absolute atomic E-state index is 0.0268. The molecule has 66 heavy (non-hydrogen) atoms. The van der Waals surface area contributed by atoms with Crippen molar-refractivity contribution in [3.05, 3.63) is 94.8 Å². The number of nitrogens with zero attached hydrogens (tertiary/aromatic N) is 9. The Labute approximate surface area is 382 Å². The largest absolute Gasteiger partial charge is 0.435 e. The predicted octanol–water partition coefficient (Wildman–Crippen LogP) is 8.85. The number of anilines is 3. The van der Waals surface area contributed by atoms with Crippen LogP contribution in [0.1, 0.15) is 77.8 Å². The molecular formula is C47H61F5N12O2. The van der Waals surface area contributed by atoms with Crippen LogP contribution in [0.4, 0.5) is 39.1 Å². The van der Waals surface area contributed by atoms with Crippen molar-refractivity contribution in [2.24, 2.45) is 32.1 Å². The van der Waals surface area contributed by atoms with Crippen LogP contribution in [0, 0.1) is 17.6 Å². The van der Waals surface area contributed by atoms with E-state index in [9.17, 15) is 27.2 Å². The van der Waals surface area contributed by atoms with Gasteiger partial charge in [-0.25, -0.2) is 8.78 Å². The lowest BCUT2D eigenvalue weighted by Gasteiger charge is -2.31. The maximum Gasteiger partial charge on any atom is 0.435 e. The van der Waals surface area contributed by atoms with Crippen molar-refractivity contribution in [1.29, 1.82) is 0 Å². The molecule has 0 atom stereocenters. The summed E-state index contributed by atoms with van der Waals surface area (Å²) in [5.74, 6) is 0.589. The summed E-state index contributed by atoms with van der Waals surface area (Å²) in [6.07, 6.45) is 3.86. The third-order valence-electron chi connectivity index (χ3n) is 11.2. The number of halogens is 5. The number of rotatable bonds is 9. The lowest BCUT2D eigenvalue weighted by Crippen LogP contribution is -2.41. The molecule has 2 aromatic carbocycles. The van der Waals surface area contributed by atoms with Crippen molar-refractivity contribution in [2.45, 2.75) is 79.9 Å². The molecule has 0 saturated heterocycles. The van der Waals surface area contributed by atoms with Crippen molar-refractivity contribution in [3.8, 4) is 22.3 Å². The summed E-state index contributed by atoms with van der Waals surface area (Å²) in [7, 11) is 6.63. The molecule has 1 saturated carbocycles. The highest BCUT2D eigenvalue weighted by atomic mass is 19.4. The number of carbonyl (C=O) groups is 2. The smallest absolute Gasteiger partial charge is 0.388 e. The number of carbonyl (C=O) groups excluding carboxylic acids is 2. The van der Waals surface area contributed by atoms with E-state index in [4.69, 9.17) is 0 Å². The van der Waals surface area contributed by atoms with Gasteiger partial charge in [0, 0.05) is 126 Å². The molecule has 356 valence electrons. The number of amidine groups is 1. The van der Waals surface area contributed by atoms with Gasteiger partial charge in [-0.05, 0) is 42.5 Å². The van der Waals surface area contributed by atoms with Crippen LogP contribution in [0.5, 0.6) is 0 Å². The summed E-state index contributed by atoms with van der Waals surface area (Å²) in [4.78, 5) is 31.7. The van der Waals surface area contributed by atoms with Gasteiger partial charge in [0.15, 0.2) is 17.3 Å². The number of hydrogen-bond acceptors (Lipinski definition) is 8. The fourth-order valence-corrected chi connectivity index (χ4v) is 7.62. The first-order valence-electron chi connectivity index (χ1n) is 22.2. The van der Waals surface area contributed by atoms with Gasteiger partial charge in [-0.1, -0.05) is 45.9 Å². The van der Waals surface area contributed by atoms with E-state index >= 15 is 4.39 Å². The number of aryl methyl sites for hydroxylation is 3. The van der Waals surface area contributed by atoms with Crippen LogP contribution in [0.3, 0.4) is 0 Å². The molecule has 0 radical (unpaired) electrons. The number of aliphatic imine (C=N–C) groups is 1.